The molecular weight excluding hydrogens is 361 g/mol. The largest absolute Gasteiger partial charge is 0.283 e. The van der Waals surface area contributed by atoms with E-state index in [4.69, 9.17) is 0 Å². The van der Waals surface area contributed by atoms with E-state index in [2.05, 4.69) is 71.6 Å². The van der Waals surface area contributed by atoms with Crippen molar-refractivity contribution in [3.05, 3.63) is 36.0 Å². The van der Waals surface area contributed by atoms with Crippen molar-refractivity contribution in [3.63, 3.8) is 0 Å². The highest BCUT2D eigenvalue weighted by Gasteiger charge is 2.03. The topological polar surface area (TPSA) is 4.93 Å². The van der Waals surface area contributed by atoms with E-state index in [9.17, 15) is 0 Å². The number of rotatable bonds is 2. The zero-order valence-electron chi connectivity index (χ0n) is 6.71. The first kappa shape index (κ1) is 9.86. The maximum absolute atomic E-state index is 3.49. The van der Waals surface area contributed by atoms with Gasteiger partial charge in [0, 0.05) is 47.2 Å². The van der Waals surface area contributed by atoms with Gasteiger partial charge in [0.15, 0.2) is 0 Å². The van der Waals surface area contributed by atoms with Crippen molar-refractivity contribution in [2.45, 2.75) is 5.33 Å². The Kier molecular flexibility index (Phi) is 3.21. The van der Waals surface area contributed by atoms with Crippen molar-refractivity contribution in [2.24, 2.45) is 0 Å². The first-order chi connectivity index (χ1) is 6.36. The van der Waals surface area contributed by atoms with Gasteiger partial charge in [-0.1, -0.05) is 28.1 Å². The fraction of sp³-hybridized carbons (Fsp3) is 0.111. The quantitative estimate of drug-likeness (QED) is 0.563. The van der Waals surface area contributed by atoms with Gasteiger partial charge in [-0.25, -0.2) is 0 Å². The Bertz CT molecular complexity index is 426. The smallest absolute Gasteiger partial charge is 0.0601 e. The minimum Gasteiger partial charge on any atom is -0.283 e. The van der Waals surface area contributed by atoms with Crippen molar-refractivity contribution in [1.29, 1.82) is 0 Å². The van der Waals surface area contributed by atoms with Crippen LogP contribution >= 0.6 is 46.3 Å². The third-order valence-corrected chi connectivity index (χ3v) is 4.35. The monoisotopic (exact) mass is 367 g/mol. The third kappa shape index (κ3) is 1.76. The van der Waals surface area contributed by atoms with Crippen LogP contribution in [0.25, 0.3) is 10.9 Å². The number of hydrogen-bond donors (Lipinski definition) is 0. The van der Waals surface area contributed by atoms with Crippen LogP contribution in [-0.4, -0.2) is 3.97 Å². The van der Waals surface area contributed by atoms with E-state index in [1.807, 2.05) is 0 Å². The number of halogens is 2. The molecule has 0 spiro atoms. The van der Waals surface area contributed by atoms with Crippen LogP contribution in [0, 0.1) is 0 Å². The van der Waals surface area contributed by atoms with Gasteiger partial charge < -0.3 is 0 Å². The van der Waals surface area contributed by atoms with Crippen molar-refractivity contribution < 1.29 is 0 Å². The lowest BCUT2D eigenvalue weighted by molar-refractivity contribution is 1.36. The van der Waals surface area contributed by atoms with E-state index >= 15 is 0 Å². The summed E-state index contributed by atoms with van der Waals surface area (Å²) in [6.45, 7) is 0. The number of benzene rings is 1. The summed E-state index contributed by atoms with van der Waals surface area (Å²) >= 11 is 5.78. The predicted molar refractivity (Wildman–Crippen MR) is 71.6 cm³/mol. The molecule has 4 heteroatoms. The van der Waals surface area contributed by atoms with Crippen LogP contribution in [0.1, 0.15) is 5.56 Å². The van der Waals surface area contributed by atoms with Crippen molar-refractivity contribution >= 4 is 57.2 Å². The van der Waals surface area contributed by atoms with Crippen LogP contribution in [0.3, 0.4) is 0 Å². The molecule has 0 aliphatic rings. The van der Waals surface area contributed by atoms with Crippen LogP contribution in [0.5, 0.6) is 0 Å². The van der Waals surface area contributed by atoms with Gasteiger partial charge >= 0.3 is 0 Å². The Hall–Kier alpha value is 0.320. The van der Waals surface area contributed by atoms with Crippen LogP contribution in [-0.2, 0) is 5.33 Å². The lowest BCUT2D eigenvalue weighted by Gasteiger charge is -2.00. The van der Waals surface area contributed by atoms with E-state index in [0.29, 0.717) is 0 Å². The van der Waals surface area contributed by atoms with Crippen LogP contribution in [0.15, 0.2) is 30.5 Å². The zero-order chi connectivity index (χ0) is 9.26. The lowest BCUT2D eigenvalue weighted by Crippen LogP contribution is -1.81. The molecule has 1 nitrogen and oxygen atoms in total. The molecule has 2 aromatic rings. The summed E-state index contributed by atoms with van der Waals surface area (Å²) in [7, 11) is 1.70. The normalized spacial score (nSPS) is 10.9. The summed E-state index contributed by atoms with van der Waals surface area (Å²) in [5, 5.41) is 2.25. The Morgan fingerprint density at radius 1 is 1.38 bits per heavy atom. The van der Waals surface area contributed by atoms with Gasteiger partial charge in [-0.2, -0.15) is 0 Å². The predicted octanol–water partition coefficient (Wildman–Crippen LogP) is 4.38. The highest BCUT2D eigenvalue weighted by atomic mass is 127. The van der Waals surface area contributed by atoms with Crippen molar-refractivity contribution in [2.75, 3.05) is 0 Å². The van der Waals surface area contributed by atoms with E-state index in [0.717, 1.165) is 5.33 Å². The molecule has 0 saturated heterocycles. The van der Waals surface area contributed by atoms with E-state index in [-0.39, 0.29) is 0 Å². The van der Waals surface area contributed by atoms with Gasteiger partial charge in [0.05, 0.1) is 5.52 Å². The first-order valence-electron chi connectivity index (χ1n) is 3.81. The SMILES string of the molecule is BrCc1cccc2c1ccn2SI. The molecule has 0 fully saturated rings. The molecule has 0 amide bonds. The Labute approximate surface area is 102 Å². The molecule has 13 heavy (non-hydrogen) atoms. The van der Waals surface area contributed by atoms with Gasteiger partial charge in [-0.05, 0) is 17.7 Å². The standard InChI is InChI=1S/C9H7BrINS/c10-6-7-2-1-3-9-8(7)4-5-12(9)13-11/h1-5H,6H2. The molecule has 0 aliphatic carbocycles. The molecule has 0 unspecified atom stereocenters. The summed E-state index contributed by atoms with van der Waals surface area (Å²) < 4.78 is 2.17. The molecular formula is C9H7BrINS. The average molecular weight is 368 g/mol. The summed E-state index contributed by atoms with van der Waals surface area (Å²) in [6, 6.07) is 8.56. The fourth-order valence-corrected chi connectivity index (χ4v) is 3.24. The maximum Gasteiger partial charge on any atom is 0.0601 e. The lowest BCUT2D eigenvalue weighted by atomic mass is 10.1. The Morgan fingerprint density at radius 2 is 2.23 bits per heavy atom. The molecule has 0 bridgehead atoms. The molecule has 0 atom stereocenters. The maximum atomic E-state index is 3.49. The average Bonchev–Trinajstić information content (AvgIpc) is 2.60. The Morgan fingerprint density at radius 3 is 2.92 bits per heavy atom. The molecule has 1 aromatic carbocycles. The Balaban J connectivity index is 2.72. The molecule has 1 heterocycles. The number of nitrogens with zero attached hydrogens (tertiary/aromatic N) is 1. The molecule has 0 saturated carbocycles. The second-order valence-corrected chi connectivity index (χ2v) is 4.97. The molecule has 2 rings (SSSR count). The van der Waals surface area contributed by atoms with E-state index in [1.165, 1.54) is 16.5 Å². The summed E-state index contributed by atoms with van der Waals surface area (Å²) in [4.78, 5) is 0. The summed E-state index contributed by atoms with van der Waals surface area (Å²) in [5.41, 5.74) is 2.64. The van der Waals surface area contributed by atoms with Gasteiger partial charge in [-0.15, -0.1) is 0 Å². The van der Waals surface area contributed by atoms with Crippen molar-refractivity contribution in [1.82, 2.24) is 3.97 Å². The van der Waals surface area contributed by atoms with Gasteiger partial charge in [-0.3, -0.25) is 3.97 Å². The first-order valence-corrected chi connectivity index (χ1v) is 8.24. The van der Waals surface area contributed by atoms with E-state index in [1.54, 1.807) is 9.12 Å². The minimum atomic E-state index is 0.917. The summed E-state index contributed by atoms with van der Waals surface area (Å²) in [5.74, 6) is 0. The number of fused-ring (bicyclic) bond motifs is 1. The fourth-order valence-electron chi connectivity index (χ4n) is 1.38. The zero-order valence-corrected chi connectivity index (χ0v) is 11.3. The highest BCUT2D eigenvalue weighted by molar-refractivity contribution is 14.2. The number of aromatic nitrogens is 1. The van der Waals surface area contributed by atoms with Gasteiger partial charge in [0.25, 0.3) is 0 Å². The van der Waals surface area contributed by atoms with Crippen LogP contribution in [0.4, 0.5) is 0 Å². The molecule has 0 radical (unpaired) electrons. The number of alkyl halides is 1. The minimum absolute atomic E-state index is 0.917. The van der Waals surface area contributed by atoms with Crippen LogP contribution < -0.4 is 0 Å². The van der Waals surface area contributed by atoms with Gasteiger partial charge in [0.1, 0.15) is 0 Å². The van der Waals surface area contributed by atoms with Gasteiger partial charge in [0.2, 0.25) is 0 Å². The van der Waals surface area contributed by atoms with Crippen LogP contribution in [0.2, 0.25) is 0 Å². The molecule has 1 aromatic heterocycles. The second-order valence-electron chi connectivity index (χ2n) is 2.69. The summed E-state index contributed by atoms with van der Waals surface area (Å²) in [6.07, 6.45) is 2.11. The molecule has 68 valence electrons. The number of hydrogen-bond acceptors (Lipinski definition) is 1. The van der Waals surface area contributed by atoms with E-state index < -0.39 is 0 Å². The van der Waals surface area contributed by atoms with Crippen molar-refractivity contribution in [3.8, 4) is 0 Å². The second kappa shape index (κ2) is 4.23. The molecule has 0 N–H and O–H groups in total. The highest BCUT2D eigenvalue weighted by Crippen LogP contribution is 2.27. The third-order valence-electron chi connectivity index (χ3n) is 2.01. The molecule has 0 aliphatic heterocycles.